The zero-order chi connectivity index (χ0) is 48.8. The van der Waals surface area contributed by atoms with Crippen molar-refractivity contribution >= 4 is 155 Å². The van der Waals surface area contributed by atoms with E-state index >= 15 is 0 Å². The molecule has 0 aliphatic rings. The molecule has 6 nitrogen and oxygen atoms in total. The number of hydrogen-bond donors (Lipinski definition) is 0. The van der Waals surface area contributed by atoms with Crippen molar-refractivity contribution in [1.82, 2.24) is 4.40 Å². The topological polar surface area (TPSA) is 50.3 Å². The molecule has 0 unspecified atom stereocenters. The van der Waals surface area contributed by atoms with E-state index in [0.29, 0.717) is 0 Å². The molecular formula is C68H43N3O3. The average Bonchev–Trinajstić information content (AvgIpc) is 4.31. The molecular weight excluding hydrogens is 907 g/mol. The van der Waals surface area contributed by atoms with Gasteiger partial charge >= 0.3 is 0 Å². The lowest BCUT2D eigenvalue weighted by atomic mass is 9.99. The third kappa shape index (κ3) is 5.76. The molecule has 5 aromatic heterocycles. The summed E-state index contributed by atoms with van der Waals surface area (Å²) in [4.78, 5) is 4.65. The van der Waals surface area contributed by atoms with Crippen molar-refractivity contribution in [1.29, 1.82) is 0 Å². The second-order valence-electron chi connectivity index (χ2n) is 19.6. The monoisotopic (exact) mass is 949 g/mol. The van der Waals surface area contributed by atoms with E-state index in [1.54, 1.807) is 0 Å². The van der Waals surface area contributed by atoms with Gasteiger partial charge in [-0.05, 0) is 139 Å². The summed E-state index contributed by atoms with van der Waals surface area (Å²) in [6, 6.07) is 78.2. The molecule has 0 amide bonds. The predicted octanol–water partition coefficient (Wildman–Crippen LogP) is 17.9. The van der Waals surface area contributed by atoms with E-state index in [-0.39, 0.29) is 0 Å². The van der Waals surface area contributed by atoms with Crippen LogP contribution in [0.25, 0.3) is 126 Å². The highest BCUT2D eigenvalue weighted by Crippen LogP contribution is 2.49. The molecule has 74 heavy (non-hydrogen) atoms. The molecule has 6 heteroatoms. The summed E-state index contributed by atoms with van der Waals surface area (Å²) < 4.78 is 22.6. The number of hydrogen-bond acceptors (Lipinski definition) is 5. The third-order valence-electron chi connectivity index (χ3n) is 15.5. The molecule has 0 fully saturated rings. The molecule has 11 aromatic carbocycles. The van der Waals surface area contributed by atoms with Crippen molar-refractivity contribution in [3.8, 4) is 0 Å². The highest BCUT2D eigenvalue weighted by atomic mass is 16.3. The number of furan rings is 3. The molecule has 0 atom stereocenters. The van der Waals surface area contributed by atoms with Crippen LogP contribution in [0.2, 0.25) is 0 Å². The molecule has 348 valence electrons. The molecule has 0 N–H and O–H groups in total. The Kier molecular flexibility index (Phi) is 8.49. The Hall–Kier alpha value is -9.78. The van der Waals surface area contributed by atoms with Crippen molar-refractivity contribution in [2.75, 3.05) is 9.80 Å². The molecule has 0 aliphatic heterocycles. The minimum atomic E-state index is 0.855. The van der Waals surface area contributed by atoms with E-state index in [9.17, 15) is 0 Å². The number of rotatable bonds is 6. The van der Waals surface area contributed by atoms with E-state index in [0.717, 1.165) is 132 Å². The van der Waals surface area contributed by atoms with Gasteiger partial charge in [-0.1, -0.05) is 121 Å². The third-order valence-corrected chi connectivity index (χ3v) is 15.5. The number of benzene rings is 11. The lowest BCUT2D eigenvalue weighted by Crippen LogP contribution is -2.29. The molecule has 16 rings (SSSR count). The first-order valence-electron chi connectivity index (χ1n) is 25.3. The summed E-state index contributed by atoms with van der Waals surface area (Å²) in [6.45, 7) is 4.25. The Morgan fingerprint density at radius 2 is 1.00 bits per heavy atom. The maximum absolute atomic E-state index is 6.75. The van der Waals surface area contributed by atoms with Crippen LogP contribution < -0.4 is 20.4 Å². The van der Waals surface area contributed by atoms with Gasteiger partial charge < -0.3 is 27.5 Å². The SMILES string of the molecule is C/C=c1\c(=C(/C)N(c2ccccc2)c2ccc3cc4c5c6c(cc7c8cc9ccc(N(c%10ccccc%10)c%10cccc%11c%10oc%10ccccc%10%11)cc9cc8n(c4cc3c2)c75)oc2ccccc26)oc2ccccc12. The molecule has 5 heterocycles. The number of para-hydroxylation sites is 6. The fraction of sp³-hybridized carbons (Fsp3) is 0.0294. The van der Waals surface area contributed by atoms with E-state index in [1.807, 2.05) is 24.3 Å². The van der Waals surface area contributed by atoms with Gasteiger partial charge in [0.25, 0.3) is 0 Å². The maximum atomic E-state index is 6.75. The first-order valence-corrected chi connectivity index (χ1v) is 25.3. The first-order chi connectivity index (χ1) is 36.6. The van der Waals surface area contributed by atoms with Crippen molar-refractivity contribution in [3.05, 3.63) is 229 Å². The van der Waals surface area contributed by atoms with Crippen LogP contribution in [0.5, 0.6) is 0 Å². The fourth-order valence-corrected chi connectivity index (χ4v) is 12.3. The molecule has 0 saturated carbocycles. The highest BCUT2D eigenvalue weighted by molar-refractivity contribution is 6.36. The second kappa shape index (κ2) is 15.4. The van der Waals surface area contributed by atoms with Gasteiger partial charge in [0.2, 0.25) is 0 Å². The van der Waals surface area contributed by atoms with Crippen LogP contribution in [0, 0.1) is 0 Å². The second-order valence-corrected chi connectivity index (χ2v) is 19.6. The van der Waals surface area contributed by atoms with Crippen LogP contribution >= 0.6 is 0 Å². The summed E-state index contributed by atoms with van der Waals surface area (Å²) >= 11 is 0. The highest BCUT2D eigenvalue weighted by Gasteiger charge is 2.26. The van der Waals surface area contributed by atoms with Crippen LogP contribution in [-0.2, 0) is 0 Å². The standard InChI is InChI=1S/C68H43N3O3/c1-3-49-50-21-10-13-26-60(50)73-67(49)40(2)69(45-17-6-4-7-18-45)47-31-29-42-36-56-59(38-43(42)33-47)71-58-37-44-34-48(70(46-19-8-5-9-20-46)57-25-16-24-52-51-22-11-14-27-61(51)74-68(52)57)32-30-41(44)35-54(58)55-39-63-64(65(56)66(55)71)53-23-12-15-28-62(53)72-63/h3-39H,1-2H3/b49-3-,67-40-. The van der Waals surface area contributed by atoms with E-state index in [4.69, 9.17) is 13.3 Å². The van der Waals surface area contributed by atoms with Crippen LogP contribution in [0.15, 0.2) is 232 Å². The fourth-order valence-electron chi connectivity index (χ4n) is 12.3. The smallest absolute Gasteiger partial charge is 0.159 e. The summed E-state index contributed by atoms with van der Waals surface area (Å²) in [5.74, 6) is 0. The Morgan fingerprint density at radius 1 is 0.405 bits per heavy atom. The molecule has 16 aromatic rings. The number of nitrogens with zero attached hydrogens (tertiary/aromatic N) is 3. The maximum Gasteiger partial charge on any atom is 0.159 e. The van der Waals surface area contributed by atoms with Crippen LogP contribution in [-0.4, -0.2) is 4.40 Å². The van der Waals surface area contributed by atoms with Crippen LogP contribution in [0.1, 0.15) is 13.8 Å². The Balaban J connectivity index is 0.957. The van der Waals surface area contributed by atoms with Crippen LogP contribution in [0.3, 0.4) is 0 Å². The van der Waals surface area contributed by atoms with E-state index in [2.05, 4.69) is 228 Å². The molecule has 0 radical (unpaired) electrons. The van der Waals surface area contributed by atoms with E-state index in [1.165, 1.54) is 27.1 Å². The summed E-state index contributed by atoms with van der Waals surface area (Å²) in [5.41, 5.74) is 14.9. The van der Waals surface area contributed by atoms with Gasteiger partial charge in [-0.2, -0.15) is 0 Å². The van der Waals surface area contributed by atoms with Gasteiger partial charge in [0.15, 0.2) is 11.0 Å². The normalized spacial score (nSPS) is 13.0. The Bertz CT molecular complexity index is 5120. The number of fused-ring (bicyclic) bond motifs is 16. The van der Waals surface area contributed by atoms with Gasteiger partial charge in [-0.25, -0.2) is 0 Å². The van der Waals surface area contributed by atoms with Crippen molar-refractivity contribution in [3.63, 3.8) is 0 Å². The zero-order valence-electron chi connectivity index (χ0n) is 40.4. The van der Waals surface area contributed by atoms with Crippen molar-refractivity contribution in [2.24, 2.45) is 0 Å². The predicted molar refractivity (Wildman–Crippen MR) is 309 cm³/mol. The largest absolute Gasteiger partial charge is 0.456 e. The zero-order valence-corrected chi connectivity index (χ0v) is 40.4. The summed E-state index contributed by atoms with van der Waals surface area (Å²) in [5, 5.41) is 16.0. The Labute approximate surface area is 423 Å². The molecule has 0 bridgehead atoms. The van der Waals surface area contributed by atoms with Gasteiger partial charge in [0, 0.05) is 76.4 Å². The average molecular weight is 950 g/mol. The number of anilines is 5. The molecule has 0 saturated heterocycles. The minimum absolute atomic E-state index is 0.855. The first kappa shape index (κ1) is 40.9. The summed E-state index contributed by atoms with van der Waals surface area (Å²) in [7, 11) is 0. The van der Waals surface area contributed by atoms with E-state index < -0.39 is 0 Å². The van der Waals surface area contributed by atoms with Crippen LogP contribution in [0.4, 0.5) is 28.4 Å². The molecule has 0 aliphatic carbocycles. The Morgan fingerprint density at radius 3 is 1.74 bits per heavy atom. The van der Waals surface area contributed by atoms with Gasteiger partial charge in [-0.15, -0.1) is 0 Å². The summed E-state index contributed by atoms with van der Waals surface area (Å²) in [6.07, 6.45) is 2.16. The van der Waals surface area contributed by atoms with Gasteiger partial charge in [0.05, 0.1) is 27.9 Å². The van der Waals surface area contributed by atoms with Crippen molar-refractivity contribution in [2.45, 2.75) is 13.8 Å². The minimum Gasteiger partial charge on any atom is -0.456 e. The quantitative estimate of drug-likeness (QED) is 0.166. The lowest BCUT2D eigenvalue weighted by Gasteiger charge is -2.26. The molecule has 0 spiro atoms. The van der Waals surface area contributed by atoms with Gasteiger partial charge in [-0.3, -0.25) is 0 Å². The van der Waals surface area contributed by atoms with Gasteiger partial charge in [0.1, 0.15) is 22.3 Å². The number of aromatic nitrogens is 1. The lowest BCUT2D eigenvalue weighted by molar-refractivity contribution is 0.570. The van der Waals surface area contributed by atoms with Crippen molar-refractivity contribution < 1.29 is 13.3 Å².